The average Bonchev–Trinajstić information content (AvgIpc) is 3.42. The topological polar surface area (TPSA) is 88.5 Å². The summed E-state index contributed by atoms with van der Waals surface area (Å²) in [7, 11) is 3.37. The van der Waals surface area contributed by atoms with E-state index in [1.807, 2.05) is 4.90 Å². The highest BCUT2D eigenvalue weighted by Gasteiger charge is 2.33. The van der Waals surface area contributed by atoms with Crippen LogP contribution in [0.25, 0.3) is 0 Å². The van der Waals surface area contributed by atoms with Crippen molar-refractivity contribution >= 4 is 11.8 Å². The van der Waals surface area contributed by atoms with Gasteiger partial charge in [0.2, 0.25) is 0 Å². The Balaban J connectivity index is 1.57. The Kier molecular flexibility index (Phi) is 5.57. The van der Waals surface area contributed by atoms with Crippen LogP contribution < -0.4 is 21.1 Å². The lowest BCUT2D eigenvalue weighted by Crippen LogP contribution is -2.54. The van der Waals surface area contributed by atoms with Crippen LogP contribution in [-0.2, 0) is 11.8 Å². The molecule has 2 heterocycles. The van der Waals surface area contributed by atoms with Crippen molar-refractivity contribution in [3.05, 3.63) is 22.7 Å². The second-order valence-electron chi connectivity index (χ2n) is 6.97. The molecule has 2 N–H and O–H groups in total. The molecule has 1 aliphatic heterocycles. The zero-order chi connectivity index (χ0) is 17.8. The highest BCUT2D eigenvalue weighted by molar-refractivity contribution is 5.74. The molecule has 138 valence electrons. The molecule has 0 spiro atoms. The van der Waals surface area contributed by atoms with Crippen LogP contribution in [-0.4, -0.2) is 54.5 Å². The Morgan fingerprint density at radius 1 is 1.44 bits per heavy atom. The molecular weight excluding hydrogens is 322 g/mol. The number of hydrogen-bond donors (Lipinski definition) is 2. The quantitative estimate of drug-likeness (QED) is 0.780. The van der Waals surface area contributed by atoms with Crippen LogP contribution in [0.2, 0.25) is 0 Å². The molecule has 8 heteroatoms. The summed E-state index contributed by atoms with van der Waals surface area (Å²) in [5, 5.41) is 6.07. The van der Waals surface area contributed by atoms with Crippen LogP contribution >= 0.6 is 0 Å². The summed E-state index contributed by atoms with van der Waals surface area (Å²) in [5.41, 5.74) is -0.110. The average molecular weight is 349 g/mol. The van der Waals surface area contributed by atoms with Crippen LogP contribution in [0.15, 0.2) is 17.2 Å². The van der Waals surface area contributed by atoms with Crippen molar-refractivity contribution < 1.29 is 9.53 Å². The molecule has 0 unspecified atom stereocenters. The zero-order valence-corrected chi connectivity index (χ0v) is 14.9. The number of carbonyl (C=O) groups is 1. The van der Waals surface area contributed by atoms with Gasteiger partial charge >= 0.3 is 6.03 Å². The minimum atomic E-state index is -0.158. The zero-order valence-electron chi connectivity index (χ0n) is 14.9. The first kappa shape index (κ1) is 17.7. The number of hydrogen-bond acceptors (Lipinski definition) is 5. The van der Waals surface area contributed by atoms with E-state index < -0.39 is 0 Å². The summed E-state index contributed by atoms with van der Waals surface area (Å²) in [6.07, 6.45) is 7.38. The van der Waals surface area contributed by atoms with Gasteiger partial charge in [0.1, 0.15) is 0 Å². The molecule has 2 atom stereocenters. The van der Waals surface area contributed by atoms with Gasteiger partial charge in [-0.1, -0.05) is 0 Å². The molecular formula is C17H27N5O3. The van der Waals surface area contributed by atoms with E-state index in [-0.39, 0.29) is 23.7 Å². The van der Waals surface area contributed by atoms with Crippen molar-refractivity contribution in [2.24, 2.45) is 13.0 Å². The number of anilines is 1. The SMILES string of the molecule is COC[C@H](NC(=O)N[C@H]1CCCN(c2nccn(C)c2=O)C1)C1CC1. The Labute approximate surface area is 147 Å². The lowest BCUT2D eigenvalue weighted by molar-refractivity contribution is 0.156. The molecule has 2 aliphatic rings. The van der Waals surface area contributed by atoms with E-state index in [9.17, 15) is 9.59 Å². The predicted molar refractivity (Wildman–Crippen MR) is 94.8 cm³/mol. The number of aryl methyl sites for hydroxylation is 1. The summed E-state index contributed by atoms with van der Waals surface area (Å²) in [6, 6.07) is -0.0784. The number of rotatable bonds is 6. The molecule has 2 amide bonds. The first-order chi connectivity index (χ1) is 12.1. The third kappa shape index (κ3) is 4.50. The number of methoxy groups -OCH3 is 1. The molecule has 25 heavy (non-hydrogen) atoms. The van der Waals surface area contributed by atoms with Gasteiger partial charge in [-0.25, -0.2) is 9.78 Å². The van der Waals surface area contributed by atoms with E-state index in [0.29, 0.717) is 24.9 Å². The second kappa shape index (κ2) is 7.86. The molecule has 3 rings (SSSR count). The van der Waals surface area contributed by atoms with Gasteiger partial charge in [-0.2, -0.15) is 0 Å². The fourth-order valence-corrected chi connectivity index (χ4v) is 3.36. The number of nitrogens with one attached hydrogen (secondary N) is 2. The number of aromatic nitrogens is 2. The van der Waals surface area contributed by atoms with E-state index in [1.54, 1.807) is 26.6 Å². The normalized spacial score (nSPS) is 21.7. The minimum absolute atomic E-state index is 0.00265. The summed E-state index contributed by atoms with van der Waals surface area (Å²) in [5.74, 6) is 0.984. The van der Waals surface area contributed by atoms with Crippen LogP contribution in [0.3, 0.4) is 0 Å². The van der Waals surface area contributed by atoms with Crippen molar-refractivity contribution in [2.75, 3.05) is 31.7 Å². The lowest BCUT2D eigenvalue weighted by Gasteiger charge is -2.33. The smallest absolute Gasteiger partial charge is 0.315 e. The van der Waals surface area contributed by atoms with Gasteiger partial charge in [-0.05, 0) is 31.6 Å². The fraction of sp³-hybridized carbons (Fsp3) is 0.706. The van der Waals surface area contributed by atoms with E-state index in [0.717, 1.165) is 32.2 Å². The Hall–Kier alpha value is -2.09. The number of nitrogens with zero attached hydrogens (tertiary/aromatic N) is 3. The molecule has 1 aliphatic carbocycles. The Morgan fingerprint density at radius 2 is 2.24 bits per heavy atom. The minimum Gasteiger partial charge on any atom is -0.383 e. The van der Waals surface area contributed by atoms with Gasteiger partial charge in [0.25, 0.3) is 5.56 Å². The maximum atomic E-state index is 12.3. The fourth-order valence-electron chi connectivity index (χ4n) is 3.36. The van der Waals surface area contributed by atoms with Gasteiger partial charge < -0.3 is 24.8 Å². The largest absolute Gasteiger partial charge is 0.383 e. The molecule has 1 saturated carbocycles. The second-order valence-corrected chi connectivity index (χ2v) is 6.97. The summed E-state index contributed by atoms with van der Waals surface area (Å²) >= 11 is 0. The Bertz CT molecular complexity index is 658. The number of carbonyl (C=O) groups excluding carboxylic acids is 1. The number of urea groups is 1. The molecule has 0 radical (unpaired) electrons. The number of ether oxygens (including phenoxy) is 1. The van der Waals surface area contributed by atoms with E-state index >= 15 is 0 Å². The molecule has 1 saturated heterocycles. The van der Waals surface area contributed by atoms with Gasteiger partial charge in [-0.15, -0.1) is 0 Å². The maximum Gasteiger partial charge on any atom is 0.315 e. The third-order valence-electron chi connectivity index (χ3n) is 4.91. The van der Waals surface area contributed by atoms with Crippen molar-refractivity contribution in [3.8, 4) is 0 Å². The van der Waals surface area contributed by atoms with Crippen molar-refractivity contribution in [1.82, 2.24) is 20.2 Å². The summed E-state index contributed by atoms with van der Waals surface area (Å²) in [4.78, 5) is 30.7. The van der Waals surface area contributed by atoms with Crippen molar-refractivity contribution in [3.63, 3.8) is 0 Å². The van der Waals surface area contributed by atoms with E-state index in [4.69, 9.17) is 4.74 Å². The number of piperidine rings is 1. The van der Waals surface area contributed by atoms with Gasteiger partial charge in [0.15, 0.2) is 5.82 Å². The van der Waals surface area contributed by atoms with E-state index in [1.165, 1.54) is 4.57 Å². The highest BCUT2D eigenvalue weighted by Crippen LogP contribution is 2.32. The molecule has 1 aromatic heterocycles. The molecule has 1 aromatic rings. The maximum absolute atomic E-state index is 12.3. The van der Waals surface area contributed by atoms with Gasteiger partial charge in [0, 0.05) is 45.7 Å². The Morgan fingerprint density at radius 3 is 2.96 bits per heavy atom. The monoisotopic (exact) mass is 349 g/mol. The molecule has 8 nitrogen and oxygen atoms in total. The van der Waals surface area contributed by atoms with E-state index in [2.05, 4.69) is 15.6 Å². The first-order valence-corrected chi connectivity index (χ1v) is 8.91. The van der Waals surface area contributed by atoms with Crippen LogP contribution in [0.1, 0.15) is 25.7 Å². The van der Waals surface area contributed by atoms with Gasteiger partial charge in [0.05, 0.1) is 12.6 Å². The van der Waals surface area contributed by atoms with Crippen molar-refractivity contribution in [2.45, 2.75) is 37.8 Å². The standard InChI is InChI=1S/C17H27N5O3/c1-21-9-7-18-15(16(21)23)22-8-3-4-13(10-22)19-17(24)20-14(11-25-2)12-5-6-12/h7,9,12-14H,3-6,8,10-11H2,1-2H3,(H2,19,20,24)/t13-,14-/m0/s1. The number of amides is 2. The summed E-state index contributed by atoms with van der Waals surface area (Å²) in [6.45, 7) is 1.91. The molecule has 0 aromatic carbocycles. The van der Waals surface area contributed by atoms with Gasteiger partial charge in [-0.3, -0.25) is 4.79 Å². The summed E-state index contributed by atoms with van der Waals surface area (Å²) < 4.78 is 6.72. The molecule has 0 bridgehead atoms. The lowest BCUT2D eigenvalue weighted by atomic mass is 10.1. The molecule has 2 fully saturated rings. The highest BCUT2D eigenvalue weighted by atomic mass is 16.5. The predicted octanol–water partition coefficient (Wildman–Crippen LogP) is 0.473. The third-order valence-corrected chi connectivity index (χ3v) is 4.91. The van der Waals surface area contributed by atoms with Crippen LogP contribution in [0, 0.1) is 5.92 Å². The van der Waals surface area contributed by atoms with Crippen molar-refractivity contribution in [1.29, 1.82) is 0 Å². The first-order valence-electron chi connectivity index (χ1n) is 8.91. The van der Waals surface area contributed by atoms with Crippen LogP contribution in [0.5, 0.6) is 0 Å². The van der Waals surface area contributed by atoms with Crippen LogP contribution in [0.4, 0.5) is 10.6 Å².